The summed E-state index contributed by atoms with van der Waals surface area (Å²) in [5.41, 5.74) is 0.447. The maximum absolute atomic E-state index is 12.2. The molecular weight excluding hydrogens is 316 g/mol. The number of hydrogen-bond acceptors (Lipinski definition) is 6. The first-order chi connectivity index (χ1) is 10.9. The van der Waals surface area contributed by atoms with Crippen LogP contribution in [0.3, 0.4) is 0 Å². The number of tetrazole rings is 1. The molecule has 8 nitrogen and oxygen atoms in total. The third-order valence-corrected chi connectivity index (χ3v) is 2.84. The van der Waals surface area contributed by atoms with Gasteiger partial charge in [-0.2, -0.15) is 4.80 Å². The molecule has 0 aliphatic carbocycles. The first-order valence-corrected chi connectivity index (χ1v) is 7.44. The molecule has 1 heterocycles. The Bertz CT molecular complexity index is 700. The number of rotatable bonds is 5. The maximum Gasteiger partial charge on any atom is 0.269 e. The average Bonchev–Trinajstić information content (AvgIpc) is 2.90. The Morgan fingerprint density at radius 2 is 2.22 bits per heavy atom. The highest BCUT2D eigenvalue weighted by Gasteiger charge is 2.10. The molecule has 23 heavy (non-hydrogen) atoms. The molecule has 0 saturated carbocycles. The first-order valence-electron chi connectivity index (χ1n) is 7.03. The van der Waals surface area contributed by atoms with Crippen LogP contribution in [0.25, 0.3) is 0 Å². The lowest BCUT2D eigenvalue weighted by molar-refractivity contribution is 0.0977. The number of nitrogens with one attached hydrogen (secondary N) is 2. The minimum atomic E-state index is -0.346. The van der Waals surface area contributed by atoms with Gasteiger partial charge in [-0.3, -0.25) is 15.4 Å². The van der Waals surface area contributed by atoms with Crippen molar-refractivity contribution in [3.63, 3.8) is 0 Å². The molecule has 0 fully saturated rings. The number of aryl methyl sites for hydroxylation is 1. The van der Waals surface area contributed by atoms with Crippen molar-refractivity contribution in [3.8, 4) is 5.75 Å². The topological polar surface area (TPSA) is 94.0 Å². The fourth-order valence-corrected chi connectivity index (χ4v) is 1.82. The first kappa shape index (κ1) is 16.8. The highest BCUT2D eigenvalue weighted by molar-refractivity contribution is 7.80. The molecule has 0 saturated heterocycles. The van der Waals surface area contributed by atoms with Crippen LogP contribution in [0.5, 0.6) is 5.75 Å². The van der Waals surface area contributed by atoms with Gasteiger partial charge in [-0.05, 0) is 41.5 Å². The minimum Gasteiger partial charge on any atom is -0.493 e. The van der Waals surface area contributed by atoms with Crippen LogP contribution in [0.15, 0.2) is 24.3 Å². The maximum atomic E-state index is 12.2. The predicted octanol–water partition coefficient (Wildman–Crippen LogP) is 1.37. The number of carbonyl (C=O) groups is 1. The molecule has 1 aromatic carbocycles. The van der Waals surface area contributed by atoms with Crippen LogP contribution in [0.1, 0.15) is 24.2 Å². The summed E-state index contributed by atoms with van der Waals surface area (Å²) in [7, 11) is 1.63. The highest BCUT2D eigenvalue weighted by Crippen LogP contribution is 2.14. The molecule has 0 unspecified atom stereocenters. The van der Waals surface area contributed by atoms with E-state index < -0.39 is 0 Å². The van der Waals surface area contributed by atoms with Crippen molar-refractivity contribution in [1.82, 2.24) is 25.5 Å². The number of benzene rings is 1. The lowest BCUT2D eigenvalue weighted by atomic mass is 10.2. The zero-order valence-electron chi connectivity index (χ0n) is 13.1. The third kappa shape index (κ3) is 5.29. The molecule has 0 aliphatic rings. The van der Waals surface area contributed by atoms with E-state index in [2.05, 4.69) is 39.9 Å². The summed E-state index contributed by atoms with van der Waals surface area (Å²) in [6.07, 6.45) is 0. The Balaban J connectivity index is 1.94. The van der Waals surface area contributed by atoms with E-state index in [4.69, 9.17) is 17.0 Å². The number of thiocarbonyl (C=S) groups is 1. The lowest BCUT2D eigenvalue weighted by Gasteiger charge is -2.10. The number of nitrogens with zero attached hydrogens (tertiary/aromatic N) is 4. The number of hydrogen-bond donors (Lipinski definition) is 2. The van der Waals surface area contributed by atoms with Crippen molar-refractivity contribution in [1.29, 1.82) is 0 Å². The van der Waals surface area contributed by atoms with Gasteiger partial charge in [-0.25, -0.2) is 0 Å². The number of amides is 1. The normalized spacial score (nSPS) is 10.4. The predicted molar refractivity (Wildman–Crippen MR) is 89.3 cm³/mol. The van der Waals surface area contributed by atoms with Crippen molar-refractivity contribution in [2.45, 2.75) is 13.8 Å². The molecular formula is C14H18N6O2S. The Labute approximate surface area is 139 Å². The van der Waals surface area contributed by atoms with Gasteiger partial charge < -0.3 is 4.74 Å². The second-order valence-electron chi connectivity index (χ2n) is 5.24. The zero-order chi connectivity index (χ0) is 16.8. The van der Waals surface area contributed by atoms with Gasteiger partial charge >= 0.3 is 0 Å². The fourth-order valence-electron chi connectivity index (χ4n) is 1.63. The van der Waals surface area contributed by atoms with E-state index in [0.717, 1.165) is 0 Å². The van der Waals surface area contributed by atoms with Crippen LogP contribution in [0, 0.1) is 5.92 Å². The zero-order valence-corrected chi connectivity index (χ0v) is 13.9. The van der Waals surface area contributed by atoms with Gasteiger partial charge in [0.1, 0.15) is 5.75 Å². The molecule has 1 amide bonds. The average molecular weight is 334 g/mol. The molecule has 0 aliphatic heterocycles. The van der Waals surface area contributed by atoms with Crippen LogP contribution in [-0.2, 0) is 7.05 Å². The smallest absolute Gasteiger partial charge is 0.269 e. The van der Waals surface area contributed by atoms with Crippen LogP contribution in [0.2, 0.25) is 0 Å². The summed E-state index contributed by atoms with van der Waals surface area (Å²) in [6, 6.07) is 6.91. The van der Waals surface area contributed by atoms with Crippen LogP contribution >= 0.6 is 12.2 Å². The number of anilines is 1. The van der Waals surface area contributed by atoms with Gasteiger partial charge in [0.05, 0.1) is 13.7 Å². The highest BCUT2D eigenvalue weighted by atomic mass is 32.1. The summed E-state index contributed by atoms with van der Waals surface area (Å²) in [5, 5.41) is 16.6. The van der Waals surface area contributed by atoms with E-state index in [0.29, 0.717) is 23.8 Å². The summed E-state index contributed by atoms with van der Waals surface area (Å²) >= 11 is 5.05. The minimum absolute atomic E-state index is 0.0940. The Morgan fingerprint density at radius 1 is 1.43 bits per heavy atom. The number of ether oxygens (including phenoxy) is 1. The monoisotopic (exact) mass is 334 g/mol. The van der Waals surface area contributed by atoms with Crippen LogP contribution in [0.4, 0.5) is 5.95 Å². The van der Waals surface area contributed by atoms with Gasteiger partial charge in [0.15, 0.2) is 5.11 Å². The third-order valence-electron chi connectivity index (χ3n) is 2.64. The van der Waals surface area contributed by atoms with E-state index in [1.807, 2.05) is 0 Å². The largest absolute Gasteiger partial charge is 0.493 e. The molecule has 0 bridgehead atoms. The fraction of sp³-hybridized carbons (Fsp3) is 0.357. The summed E-state index contributed by atoms with van der Waals surface area (Å²) in [5.74, 6) is 0.915. The van der Waals surface area contributed by atoms with E-state index in [-0.39, 0.29) is 17.0 Å². The summed E-state index contributed by atoms with van der Waals surface area (Å²) in [6.45, 7) is 4.70. The quantitative estimate of drug-likeness (QED) is 0.798. The van der Waals surface area contributed by atoms with Crippen molar-refractivity contribution >= 4 is 29.2 Å². The van der Waals surface area contributed by atoms with E-state index in [1.54, 1.807) is 31.3 Å². The number of carbonyl (C=O) groups excluding carboxylic acids is 1. The molecule has 1 aromatic heterocycles. The molecule has 9 heteroatoms. The SMILES string of the molecule is CC(C)COc1cccc(C(=O)NC(=S)Nc2nnn(C)n2)c1. The van der Waals surface area contributed by atoms with E-state index >= 15 is 0 Å². The van der Waals surface area contributed by atoms with Crippen molar-refractivity contribution in [3.05, 3.63) is 29.8 Å². The Kier molecular flexibility index (Phi) is 5.58. The van der Waals surface area contributed by atoms with Gasteiger partial charge in [-0.1, -0.05) is 25.0 Å². The molecule has 2 rings (SSSR count). The van der Waals surface area contributed by atoms with Gasteiger partial charge in [0.25, 0.3) is 11.9 Å². The number of aromatic nitrogens is 4. The molecule has 0 radical (unpaired) electrons. The van der Waals surface area contributed by atoms with Crippen LogP contribution < -0.4 is 15.4 Å². The van der Waals surface area contributed by atoms with Crippen molar-refractivity contribution < 1.29 is 9.53 Å². The van der Waals surface area contributed by atoms with Crippen molar-refractivity contribution in [2.75, 3.05) is 11.9 Å². The van der Waals surface area contributed by atoms with Crippen LogP contribution in [-0.4, -0.2) is 37.8 Å². The molecule has 2 aromatic rings. The summed E-state index contributed by atoms with van der Waals surface area (Å²) in [4.78, 5) is 13.5. The van der Waals surface area contributed by atoms with Crippen molar-refractivity contribution in [2.24, 2.45) is 13.0 Å². The lowest BCUT2D eigenvalue weighted by Crippen LogP contribution is -2.34. The van der Waals surface area contributed by atoms with E-state index in [9.17, 15) is 4.79 Å². The van der Waals surface area contributed by atoms with E-state index in [1.165, 1.54) is 4.80 Å². The summed E-state index contributed by atoms with van der Waals surface area (Å²) < 4.78 is 5.60. The second-order valence-corrected chi connectivity index (χ2v) is 5.65. The molecule has 2 N–H and O–H groups in total. The Morgan fingerprint density at radius 3 is 2.87 bits per heavy atom. The van der Waals surface area contributed by atoms with Gasteiger partial charge in [0, 0.05) is 5.56 Å². The molecule has 0 spiro atoms. The second kappa shape index (κ2) is 7.63. The molecule has 0 atom stereocenters. The standard InChI is InChI=1S/C14H18N6O2S/c1-9(2)8-22-11-6-4-5-10(7-11)12(21)15-14(23)16-13-17-19-20(3)18-13/h4-7,9H,8H2,1-3H3,(H2,15,16,18,21,23). The van der Waals surface area contributed by atoms with Gasteiger partial charge in [-0.15, -0.1) is 5.10 Å². The Hall–Kier alpha value is -2.55. The molecule has 122 valence electrons. The van der Waals surface area contributed by atoms with Gasteiger partial charge in [0.2, 0.25) is 0 Å².